The zero-order valence-corrected chi connectivity index (χ0v) is 13.2. The van der Waals surface area contributed by atoms with Crippen molar-refractivity contribution in [2.24, 2.45) is 0 Å². The Hall–Kier alpha value is -0.860. The van der Waals surface area contributed by atoms with E-state index in [4.69, 9.17) is 5.11 Å². The fourth-order valence-electron chi connectivity index (χ4n) is 2.56. The first-order valence-electron chi connectivity index (χ1n) is 7.25. The number of hydrogen-bond acceptors (Lipinski definition) is 4. The summed E-state index contributed by atoms with van der Waals surface area (Å²) >= 11 is 1.79. The maximum Gasteiger partial charge on any atom is 0.0540 e. The third kappa shape index (κ3) is 4.60. The highest BCUT2D eigenvalue weighted by molar-refractivity contribution is 7.10. The van der Waals surface area contributed by atoms with E-state index < -0.39 is 0 Å². The van der Waals surface area contributed by atoms with Crippen LogP contribution in [-0.4, -0.2) is 54.7 Å². The molecule has 0 amide bonds. The standard InChI is InChI=1S/C16H24N2OS/c1-17(2)15-6-8-18(9-7-15)12-16-11-14(13-20-16)5-3-4-10-19/h11,13,15,19H,4,6-10,12H2,1-2H3. The van der Waals surface area contributed by atoms with Crippen molar-refractivity contribution in [3.63, 3.8) is 0 Å². The molecule has 1 aliphatic rings. The van der Waals surface area contributed by atoms with Crippen LogP contribution >= 0.6 is 11.3 Å². The van der Waals surface area contributed by atoms with Gasteiger partial charge in [0.2, 0.25) is 0 Å². The molecule has 20 heavy (non-hydrogen) atoms. The Balaban J connectivity index is 1.82. The third-order valence-corrected chi connectivity index (χ3v) is 4.71. The van der Waals surface area contributed by atoms with E-state index in [1.54, 1.807) is 11.3 Å². The van der Waals surface area contributed by atoms with E-state index in [-0.39, 0.29) is 6.61 Å². The monoisotopic (exact) mass is 292 g/mol. The number of hydrogen-bond donors (Lipinski definition) is 1. The molecule has 3 nitrogen and oxygen atoms in total. The summed E-state index contributed by atoms with van der Waals surface area (Å²) in [4.78, 5) is 6.27. The summed E-state index contributed by atoms with van der Waals surface area (Å²) in [5.41, 5.74) is 1.08. The van der Waals surface area contributed by atoms with Crippen LogP contribution in [0, 0.1) is 11.8 Å². The summed E-state index contributed by atoms with van der Waals surface area (Å²) in [6, 6.07) is 2.93. The van der Waals surface area contributed by atoms with Crippen LogP contribution < -0.4 is 0 Å². The van der Waals surface area contributed by atoms with Gasteiger partial charge in [0.25, 0.3) is 0 Å². The van der Waals surface area contributed by atoms with Crippen molar-refractivity contribution < 1.29 is 5.11 Å². The largest absolute Gasteiger partial charge is 0.395 e. The summed E-state index contributed by atoms with van der Waals surface area (Å²) < 4.78 is 0. The zero-order chi connectivity index (χ0) is 14.4. The molecule has 0 aliphatic carbocycles. The molecule has 1 aromatic heterocycles. The Bertz CT molecular complexity index is 464. The predicted octanol–water partition coefficient (Wildman–Crippen LogP) is 2.01. The van der Waals surface area contributed by atoms with E-state index in [1.165, 1.54) is 30.8 Å². The Kier molecular flexibility index (Phi) is 6.06. The highest BCUT2D eigenvalue weighted by Crippen LogP contribution is 2.20. The van der Waals surface area contributed by atoms with Crippen LogP contribution in [0.1, 0.15) is 29.7 Å². The number of thiophene rings is 1. The molecule has 0 bridgehead atoms. The van der Waals surface area contributed by atoms with Crippen LogP contribution in [-0.2, 0) is 6.54 Å². The van der Waals surface area contributed by atoms with Crippen LogP contribution in [0.4, 0.5) is 0 Å². The first kappa shape index (κ1) is 15.5. The molecule has 1 N–H and O–H groups in total. The lowest BCUT2D eigenvalue weighted by atomic mass is 10.0. The normalized spacial score (nSPS) is 17.2. The van der Waals surface area contributed by atoms with E-state index in [1.807, 2.05) is 0 Å². The van der Waals surface area contributed by atoms with Gasteiger partial charge in [-0.2, -0.15) is 0 Å². The Morgan fingerprint density at radius 3 is 2.80 bits per heavy atom. The second-order valence-corrected chi connectivity index (χ2v) is 6.54. The minimum atomic E-state index is 0.144. The molecule has 1 aromatic rings. The SMILES string of the molecule is CN(C)C1CCN(Cc2cc(C#CCCO)cs2)CC1. The summed E-state index contributed by atoms with van der Waals surface area (Å²) in [7, 11) is 4.36. The second-order valence-electron chi connectivity index (χ2n) is 5.55. The molecule has 2 rings (SSSR count). The van der Waals surface area contributed by atoms with Crippen LogP contribution in [0.25, 0.3) is 0 Å². The fraction of sp³-hybridized carbons (Fsp3) is 0.625. The van der Waals surface area contributed by atoms with Crippen LogP contribution in [0.5, 0.6) is 0 Å². The van der Waals surface area contributed by atoms with Crippen molar-refractivity contribution in [3.05, 3.63) is 21.9 Å². The van der Waals surface area contributed by atoms with Gasteiger partial charge in [-0.3, -0.25) is 4.90 Å². The molecule has 2 heterocycles. The Labute approximate surface area is 126 Å². The van der Waals surface area contributed by atoms with Gasteiger partial charge in [-0.1, -0.05) is 11.8 Å². The summed E-state index contributed by atoms with van der Waals surface area (Å²) in [5, 5.41) is 10.8. The Morgan fingerprint density at radius 1 is 1.40 bits per heavy atom. The number of aliphatic hydroxyl groups excluding tert-OH is 1. The van der Waals surface area contributed by atoms with Gasteiger partial charge in [0.15, 0.2) is 0 Å². The zero-order valence-electron chi connectivity index (χ0n) is 12.4. The lowest BCUT2D eigenvalue weighted by molar-refractivity contribution is 0.141. The van der Waals surface area contributed by atoms with E-state index in [0.29, 0.717) is 6.42 Å². The number of nitrogens with zero attached hydrogens (tertiary/aromatic N) is 2. The minimum absolute atomic E-state index is 0.144. The van der Waals surface area contributed by atoms with E-state index >= 15 is 0 Å². The number of piperidine rings is 1. The number of rotatable bonds is 4. The maximum atomic E-state index is 8.72. The first-order valence-corrected chi connectivity index (χ1v) is 8.13. The van der Waals surface area contributed by atoms with E-state index in [0.717, 1.165) is 18.2 Å². The molecule has 4 heteroatoms. The lowest BCUT2D eigenvalue weighted by Crippen LogP contribution is -2.41. The third-order valence-electron chi connectivity index (χ3n) is 3.79. The van der Waals surface area contributed by atoms with Gasteiger partial charge >= 0.3 is 0 Å². The molecule has 0 aromatic carbocycles. The van der Waals surface area contributed by atoms with E-state index in [9.17, 15) is 0 Å². The van der Waals surface area contributed by atoms with Crippen LogP contribution in [0.2, 0.25) is 0 Å². The highest BCUT2D eigenvalue weighted by Gasteiger charge is 2.20. The molecule has 1 aliphatic heterocycles. The molecule has 0 radical (unpaired) electrons. The minimum Gasteiger partial charge on any atom is -0.395 e. The average Bonchev–Trinajstić information content (AvgIpc) is 2.87. The van der Waals surface area contributed by atoms with Crippen molar-refractivity contribution in [2.75, 3.05) is 33.8 Å². The highest BCUT2D eigenvalue weighted by atomic mass is 32.1. The van der Waals surface area contributed by atoms with Gasteiger partial charge in [-0.15, -0.1) is 11.3 Å². The second kappa shape index (κ2) is 7.80. The van der Waals surface area contributed by atoms with Gasteiger partial charge in [-0.05, 0) is 33.0 Å². The van der Waals surface area contributed by atoms with Gasteiger partial charge in [0, 0.05) is 47.9 Å². The van der Waals surface area contributed by atoms with Gasteiger partial charge < -0.3 is 10.0 Å². The number of likely N-dealkylation sites (tertiary alicyclic amines) is 1. The molecular formula is C16H24N2OS. The molecule has 0 unspecified atom stereocenters. The molecule has 0 saturated carbocycles. The molecule has 110 valence electrons. The van der Waals surface area contributed by atoms with Crippen molar-refractivity contribution in [2.45, 2.75) is 31.8 Å². The van der Waals surface area contributed by atoms with Gasteiger partial charge in [-0.25, -0.2) is 0 Å². The molecule has 0 atom stereocenters. The Morgan fingerprint density at radius 2 is 2.15 bits per heavy atom. The number of aliphatic hydroxyl groups is 1. The van der Waals surface area contributed by atoms with Crippen molar-refractivity contribution in [3.8, 4) is 11.8 Å². The maximum absolute atomic E-state index is 8.72. The van der Waals surface area contributed by atoms with Crippen molar-refractivity contribution in [1.82, 2.24) is 9.80 Å². The smallest absolute Gasteiger partial charge is 0.0540 e. The van der Waals surface area contributed by atoms with Crippen LogP contribution in [0.3, 0.4) is 0 Å². The molecule has 1 fully saturated rings. The molecule has 0 spiro atoms. The molecule has 1 saturated heterocycles. The van der Waals surface area contributed by atoms with E-state index in [2.05, 4.69) is 47.2 Å². The summed E-state index contributed by atoms with van der Waals surface area (Å²) in [6.07, 6.45) is 3.09. The van der Waals surface area contributed by atoms with Gasteiger partial charge in [0.1, 0.15) is 0 Å². The fourth-order valence-corrected chi connectivity index (χ4v) is 3.42. The summed E-state index contributed by atoms with van der Waals surface area (Å²) in [6.45, 7) is 3.57. The quantitative estimate of drug-likeness (QED) is 0.860. The predicted molar refractivity (Wildman–Crippen MR) is 84.9 cm³/mol. The van der Waals surface area contributed by atoms with Crippen molar-refractivity contribution >= 4 is 11.3 Å². The molecular weight excluding hydrogens is 268 g/mol. The summed E-state index contributed by atoms with van der Waals surface area (Å²) in [5.74, 6) is 6.07. The first-order chi connectivity index (χ1) is 9.69. The lowest BCUT2D eigenvalue weighted by Gasteiger charge is -2.34. The van der Waals surface area contributed by atoms with Gasteiger partial charge in [0.05, 0.1) is 6.61 Å². The van der Waals surface area contributed by atoms with Crippen molar-refractivity contribution in [1.29, 1.82) is 0 Å². The topological polar surface area (TPSA) is 26.7 Å². The van der Waals surface area contributed by atoms with Crippen LogP contribution in [0.15, 0.2) is 11.4 Å². The average molecular weight is 292 g/mol.